The van der Waals surface area contributed by atoms with E-state index in [0.29, 0.717) is 28.0 Å². The third kappa shape index (κ3) is 4.84. The van der Waals surface area contributed by atoms with Gasteiger partial charge in [0.15, 0.2) is 6.17 Å². The number of nitrogens with zero attached hydrogens (tertiary/aromatic N) is 4. The molecule has 1 aliphatic rings. The minimum atomic E-state index is -0.907. The van der Waals surface area contributed by atoms with Crippen LogP contribution in [0.25, 0.3) is 5.69 Å². The fraction of sp³-hybridized carbons (Fsp3) is 0.423. The number of hydrogen-bond acceptors (Lipinski definition) is 4. The van der Waals surface area contributed by atoms with Gasteiger partial charge in [-0.25, -0.2) is 14.4 Å². The van der Waals surface area contributed by atoms with Crippen LogP contribution in [0.5, 0.6) is 0 Å². The Bertz CT molecular complexity index is 1330. The third-order valence-corrected chi connectivity index (χ3v) is 7.15. The number of benzene rings is 2. The van der Waals surface area contributed by atoms with Crippen molar-refractivity contribution >= 4 is 34.9 Å². The van der Waals surface area contributed by atoms with E-state index in [2.05, 4.69) is 6.92 Å². The van der Waals surface area contributed by atoms with E-state index in [-0.39, 0.29) is 6.03 Å². The Hall–Kier alpha value is -2.97. The van der Waals surface area contributed by atoms with Gasteiger partial charge < -0.3 is 9.42 Å². The fourth-order valence-corrected chi connectivity index (χ4v) is 4.99. The molecule has 3 aromatic rings. The zero-order valence-corrected chi connectivity index (χ0v) is 22.1. The molecule has 2 aromatic carbocycles. The predicted octanol–water partition coefficient (Wildman–Crippen LogP) is 6.09. The highest BCUT2D eigenvalue weighted by Crippen LogP contribution is 2.42. The van der Waals surface area contributed by atoms with Crippen molar-refractivity contribution in [2.75, 3.05) is 11.4 Å². The zero-order chi connectivity index (χ0) is 26.0. The van der Waals surface area contributed by atoms with Gasteiger partial charge in [0.2, 0.25) is 0 Å². The van der Waals surface area contributed by atoms with Gasteiger partial charge in [-0.1, -0.05) is 55.8 Å². The summed E-state index contributed by atoms with van der Waals surface area (Å²) in [5, 5.41) is 0.994. The monoisotopic (exact) mass is 532 g/mol. The van der Waals surface area contributed by atoms with Crippen LogP contribution >= 0.6 is 23.2 Å². The summed E-state index contributed by atoms with van der Waals surface area (Å²) in [5.41, 5.74) is -0.681. The lowest BCUT2D eigenvalue weighted by Crippen LogP contribution is -2.47. The summed E-state index contributed by atoms with van der Waals surface area (Å²) in [5.74, 6) is -0.848. The number of unbranched alkanes of at least 4 members (excludes halogenated alkanes) is 4. The molecule has 10 heteroatoms. The van der Waals surface area contributed by atoms with Crippen molar-refractivity contribution in [2.45, 2.75) is 64.6 Å². The second-order valence-electron chi connectivity index (χ2n) is 9.50. The minimum absolute atomic E-state index is 0.267. The lowest BCUT2D eigenvalue weighted by atomic mass is 9.99. The van der Waals surface area contributed by atoms with Crippen molar-refractivity contribution < 1.29 is 9.32 Å². The van der Waals surface area contributed by atoms with Crippen molar-refractivity contribution in [3.8, 4) is 5.69 Å². The molecule has 1 saturated heterocycles. The number of halogens is 2. The second-order valence-corrected chi connectivity index (χ2v) is 10.4. The van der Waals surface area contributed by atoms with Crippen LogP contribution in [0.4, 0.5) is 10.5 Å². The Morgan fingerprint density at radius 2 is 1.39 bits per heavy atom. The van der Waals surface area contributed by atoms with E-state index in [1.165, 1.54) is 4.90 Å². The van der Waals surface area contributed by atoms with Crippen LogP contribution in [0, 0.1) is 0 Å². The van der Waals surface area contributed by atoms with Gasteiger partial charge in [-0.05, 0) is 68.8 Å². The molecule has 0 N–H and O–H groups in total. The molecular weight excluding hydrogens is 503 g/mol. The summed E-state index contributed by atoms with van der Waals surface area (Å²) in [6.45, 7) is 6.43. The van der Waals surface area contributed by atoms with Gasteiger partial charge >= 0.3 is 17.5 Å². The van der Waals surface area contributed by atoms with Gasteiger partial charge in [0.05, 0.1) is 11.2 Å². The van der Waals surface area contributed by atoms with Crippen LogP contribution in [0.1, 0.15) is 59.0 Å². The van der Waals surface area contributed by atoms with Crippen molar-refractivity contribution in [2.24, 2.45) is 0 Å². The van der Waals surface area contributed by atoms with Crippen LogP contribution in [0.2, 0.25) is 10.0 Å². The van der Waals surface area contributed by atoms with Crippen molar-refractivity contribution in [3.05, 3.63) is 79.6 Å². The number of rotatable bonds is 9. The van der Waals surface area contributed by atoms with E-state index in [0.717, 1.165) is 41.4 Å². The zero-order valence-electron chi connectivity index (χ0n) is 20.6. The highest BCUT2D eigenvalue weighted by atomic mass is 35.5. The first-order chi connectivity index (χ1) is 17.2. The van der Waals surface area contributed by atoms with E-state index in [1.807, 2.05) is 13.8 Å². The molecule has 0 unspecified atom stereocenters. The first-order valence-electron chi connectivity index (χ1n) is 12.1. The first kappa shape index (κ1) is 26.1. The molecule has 2 amide bonds. The SMILES string of the molecule is CCCCCCCN1C(=O)N(c2ccc(Cl)cc2)[C@H](n2oc(=O)n(-c3ccc(Cl)cc3)c2=O)C1(C)C. The van der Waals surface area contributed by atoms with Crippen LogP contribution < -0.4 is 16.3 Å². The Kier molecular flexibility index (Phi) is 7.66. The van der Waals surface area contributed by atoms with Crippen LogP contribution in [-0.4, -0.2) is 32.3 Å². The standard InChI is InChI=1S/C26H30Cl2N4O4/c1-4-5-6-7-8-17-29-23(33)30(20-13-9-18(27)10-14-20)22(26(29,2)3)32-24(34)31(25(35)36-32)21-15-11-19(28)12-16-21/h9-16,22H,4-8,17H2,1-3H3/t22-/m1/s1. The molecule has 0 aliphatic carbocycles. The number of carbonyl (C=O) groups excluding carboxylic acids is 1. The quantitative estimate of drug-likeness (QED) is 0.312. The van der Waals surface area contributed by atoms with Crippen LogP contribution in [0.3, 0.4) is 0 Å². The molecule has 1 fully saturated rings. The summed E-state index contributed by atoms with van der Waals surface area (Å²) in [4.78, 5) is 43.4. The van der Waals surface area contributed by atoms with Gasteiger partial charge in [0.25, 0.3) is 0 Å². The molecule has 8 nitrogen and oxygen atoms in total. The van der Waals surface area contributed by atoms with Gasteiger partial charge in [0.1, 0.15) is 0 Å². The Balaban J connectivity index is 1.78. The summed E-state index contributed by atoms with van der Waals surface area (Å²) >= 11 is 12.1. The Labute approximate surface area is 219 Å². The molecular formula is C26H30Cl2N4O4. The molecule has 36 heavy (non-hydrogen) atoms. The first-order valence-corrected chi connectivity index (χ1v) is 12.9. The maximum atomic E-state index is 13.8. The average Bonchev–Trinajstić information content (AvgIpc) is 3.23. The number of aromatic nitrogens is 2. The van der Waals surface area contributed by atoms with Gasteiger partial charge in [-0.15, -0.1) is 4.74 Å². The number of anilines is 1. The van der Waals surface area contributed by atoms with Gasteiger partial charge in [-0.2, -0.15) is 4.57 Å². The number of carbonyl (C=O) groups is 1. The molecule has 1 aliphatic heterocycles. The molecule has 1 atom stereocenters. The van der Waals surface area contributed by atoms with E-state index >= 15 is 0 Å². The maximum absolute atomic E-state index is 13.8. The molecule has 0 spiro atoms. The molecule has 2 heterocycles. The number of urea groups is 1. The minimum Gasteiger partial charge on any atom is -0.315 e. The van der Waals surface area contributed by atoms with Crippen molar-refractivity contribution in [1.82, 2.24) is 14.2 Å². The van der Waals surface area contributed by atoms with Crippen LogP contribution in [0.15, 0.2) is 62.6 Å². The van der Waals surface area contributed by atoms with Crippen molar-refractivity contribution in [3.63, 3.8) is 0 Å². The maximum Gasteiger partial charge on any atom is 0.447 e. The smallest absolute Gasteiger partial charge is 0.315 e. The molecule has 4 rings (SSSR count). The molecule has 1 aromatic heterocycles. The summed E-state index contributed by atoms with van der Waals surface area (Å²) in [7, 11) is 0. The summed E-state index contributed by atoms with van der Waals surface area (Å²) in [6.07, 6.45) is 4.31. The van der Waals surface area contributed by atoms with E-state index in [1.54, 1.807) is 53.4 Å². The highest BCUT2D eigenvalue weighted by molar-refractivity contribution is 6.30. The average molecular weight is 533 g/mol. The molecule has 192 valence electrons. The van der Waals surface area contributed by atoms with Crippen LogP contribution in [-0.2, 0) is 0 Å². The molecule has 0 radical (unpaired) electrons. The third-order valence-electron chi connectivity index (χ3n) is 6.64. The predicted molar refractivity (Wildman–Crippen MR) is 141 cm³/mol. The lowest BCUT2D eigenvalue weighted by molar-refractivity contribution is 0.0958. The summed E-state index contributed by atoms with van der Waals surface area (Å²) in [6, 6.07) is 12.8. The number of hydrogen-bond donors (Lipinski definition) is 0. The fourth-order valence-electron chi connectivity index (χ4n) is 4.74. The van der Waals surface area contributed by atoms with Gasteiger partial charge in [0, 0.05) is 22.3 Å². The normalized spacial score (nSPS) is 17.2. The van der Waals surface area contributed by atoms with E-state index in [4.69, 9.17) is 27.7 Å². The second kappa shape index (κ2) is 10.6. The van der Waals surface area contributed by atoms with E-state index < -0.39 is 23.2 Å². The Morgan fingerprint density at radius 3 is 1.97 bits per heavy atom. The Morgan fingerprint density at radius 1 is 0.833 bits per heavy atom. The largest absolute Gasteiger partial charge is 0.447 e. The van der Waals surface area contributed by atoms with Gasteiger partial charge in [-0.3, -0.25) is 4.90 Å². The van der Waals surface area contributed by atoms with Crippen molar-refractivity contribution in [1.29, 1.82) is 0 Å². The number of amides is 2. The van der Waals surface area contributed by atoms with E-state index in [9.17, 15) is 14.4 Å². The molecule has 0 bridgehead atoms. The molecule has 0 saturated carbocycles. The highest BCUT2D eigenvalue weighted by Gasteiger charge is 2.54. The lowest BCUT2D eigenvalue weighted by Gasteiger charge is -2.34. The summed E-state index contributed by atoms with van der Waals surface area (Å²) < 4.78 is 7.45. The topological polar surface area (TPSA) is 80.7 Å².